The van der Waals surface area contributed by atoms with Crippen molar-refractivity contribution in [3.05, 3.63) is 59.4 Å². The molecule has 2 aromatic rings. The molecule has 0 fully saturated rings. The van der Waals surface area contributed by atoms with Crippen LogP contribution < -0.4 is 11.1 Å². The molecule has 0 saturated heterocycles. The maximum absolute atomic E-state index is 11.7. The number of aromatic nitrogens is 1. The Morgan fingerprint density at radius 1 is 1.32 bits per heavy atom. The number of benzene rings is 1. The Morgan fingerprint density at radius 3 is 2.73 bits per heavy atom. The van der Waals surface area contributed by atoms with Crippen LogP contribution in [0.1, 0.15) is 11.3 Å². The number of carbonyl (C=O) groups excluding carboxylic acids is 2. The first-order valence-electron chi connectivity index (χ1n) is 6.48. The van der Waals surface area contributed by atoms with Crippen molar-refractivity contribution in [1.82, 2.24) is 9.88 Å². The molecule has 0 spiro atoms. The molecule has 1 heterocycles. The van der Waals surface area contributed by atoms with Crippen molar-refractivity contribution >= 4 is 18.0 Å². The van der Waals surface area contributed by atoms with Gasteiger partial charge in [-0.25, -0.2) is 4.79 Å². The Morgan fingerprint density at radius 2 is 2.09 bits per heavy atom. The Bertz CT molecular complexity index is 796. The molecule has 6 heteroatoms. The Kier molecular flexibility index (Phi) is 4.39. The summed E-state index contributed by atoms with van der Waals surface area (Å²) in [7, 11) is 0. The molecule has 0 saturated carbocycles. The number of nitriles is 1. The van der Waals surface area contributed by atoms with Crippen molar-refractivity contribution in [2.75, 3.05) is 0 Å². The molecule has 6 nitrogen and oxygen atoms in total. The van der Waals surface area contributed by atoms with Gasteiger partial charge in [0.25, 0.3) is 5.91 Å². The van der Waals surface area contributed by atoms with Gasteiger partial charge in [-0.15, -0.1) is 0 Å². The second kappa shape index (κ2) is 6.41. The van der Waals surface area contributed by atoms with Crippen LogP contribution in [0.2, 0.25) is 0 Å². The number of imide groups is 1. The maximum atomic E-state index is 11.7. The van der Waals surface area contributed by atoms with E-state index < -0.39 is 11.9 Å². The van der Waals surface area contributed by atoms with E-state index in [9.17, 15) is 9.59 Å². The lowest BCUT2D eigenvalue weighted by Gasteiger charge is -2.08. The van der Waals surface area contributed by atoms with Gasteiger partial charge >= 0.3 is 6.03 Å². The summed E-state index contributed by atoms with van der Waals surface area (Å²) >= 11 is 0. The first-order chi connectivity index (χ1) is 10.5. The van der Waals surface area contributed by atoms with E-state index in [4.69, 9.17) is 11.0 Å². The van der Waals surface area contributed by atoms with Crippen molar-refractivity contribution < 1.29 is 9.59 Å². The van der Waals surface area contributed by atoms with Gasteiger partial charge in [-0.2, -0.15) is 5.26 Å². The molecule has 3 N–H and O–H groups in total. The second-order valence-electron chi connectivity index (χ2n) is 4.63. The molecule has 0 aliphatic rings. The number of hydrogen-bond acceptors (Lipinski definition) is 3. The summed E-state index contributed by atoms with van der Waals surface area (Å²) in [6, 6.07) is 12.1. The predicted octanol–water partition coefficient (Wildman–Crippen LogP) is 1.89. The first-order valence-corrected chi connectivity index (χ1v) is 6.48. The largest absolute Gasteiger partial charge is 0.351 e. The summed E-state index contributed by atoms with van der Waals surface area (Å²) < 4.78 is 1.84. The summed E-state index contributed by atoms with van der Waals surface area (Å²) in [4.78, 5) is 22.4. The van der Waals surface area contributed by atoms with Gasteiger partial charge in [0, 0.05) is 17.6 Å². The molecular weight excluding hydrogens is 280 g/mol. The van der Waals surface area contributed by atoms with Gasteiger partial charge in [0.1, 0.15) is 11.6 Å². The average Bonchev–Trinajstić information content (AvgIpc) is 2.92. The first kappa shape index (κ1) is 15.1. The minimum Gasteiger partial charge on any atom is -0.351 e. The third-order valence-electron chi connectivity index (χ3n) is 2.95. The number of urea groups is 1. The molecule has 0 aliphatic heterocycles. The number of hydrogen-bond donors (Lipinski definition) is 2. The number of rotatable bonds is 3. The van der Waals surface area contributed by atoms with E-state index >= 15 is 0 Å². The summed E-state index contributed by atoms with van der Waals surface area (Å²) in [6.07, 6.45) is 3.22. The van der Waals surface area contributed by atoms with E-state index in [1.54, 1.807) is 18.2 Å². The van der Waals surface area contributed by atoms with E-state index in [-0.39, 0.29) is 5.57 Å². The highest BCUT2D eigenvalue weighted by Crippen LogP contribution is 2.16. The van der Waals surface area contributed by atoms with Crippen molar-refractivity contribution in [2.24, 2.45) is 5.73 Å². The van der Waals surface area contributed by atoms with E-state index in [0.717, 1.165) is 11.3 Å². The van der Waals surface area contributed by atoms with Crippen LogP contribution in [0.3, 0.4) is 0 Å². The fraction of sp³-hybridized carbons (Fsp3) is 0.0625. The Labute approximate surface area is 127 Å². The molecule has 0 bridgehead atoms. The van der Waals surface area contributed by atoms with Crippen LogP contribution >= 0.6 is 0 Å². The topological polar surface area (TPSA) is 101 Å². The number of amides is 3. The minimum absolute atomic E-state index is 0.202. The van der Waals surface area contributed by atoms with Crippen molar-refractivity contribution in [3.8, 4) is 11.8 Å². The molecule has 2 rings (SSSR count). The van der Waals surface area contributed by atoms with Gasteiger partial charge in [0.15, 0.2) is 0 Å². The van der Waals surface area contributed by atoms with Crippen molar-refractivity contribution in [1.29, 1.82) is 5.26 Å². The molecule has 1 aromatic carbocycles. The van der Waals surface area contributed by atoms with Crippen molar-refractivity contribution in [2.45, 2.75) is 6.92 Å². The third-order valence-corrected chi connectivity index (χ3v) is 2.95. The van der Waals surface area contributed by atoms with Crippen LogP contribution in [0, 0.1) is 18.3 Å². The van der Waals surface area contributed by atoms with Crippen LogP contribution in [-0.4, -0.2) is 16.5 Å². The molecule has 0 unspecified atom stereocenters. The van der Waals surface area contributed by atoms with Gasteiger partial charge < -0.3 is 10.3 Å². The molecule has 22 heavy (non-hydrogen) atoms. The monoisotopic (exact) mass is 294 g/mol. The summed E-state index contributed by atoms with van der Waals surface area (Å²) in [5.41, 5.74) is 7.32. The predicted molar refractivity (Wildman–Crippen MR) is 81.8 cm³/mol. The molecular formula is C16H14N4O2. The number of aryl methyl sites for hydroxylation is 1. The van der Waals surface area contributed by atoms with Crippen LogP contribution in [0.4, 0.5) is 4.79 Å². The normalized spacial score (nSPS) is 10.8. The van der Waals surface area contributed by atoms with Gasteiger partial charge in [-0.1, -0.05) is 12.1 Å². The summed E-state index contributed by atoms with van der Waals surface area (Å²) in [6.45, 7) is 1.98. The van der Waals surface area contributed by atoms with Crippen molar-refractivity contribution in [3.63, 3.8) is 0 Å². The number of primary amides is 1. The fourth-order valence-electron chi connectivity index (χ4n) is 2.00. The van der Waals surface area contributed by atoms with E-state index in [0.29, 0.717) is 5.69 Å². The standard InChI is InChI=1S/C16H14N4O2/c1-11-4-2-5-13(8-11)20-7-3-6-14(20)9-12(10-17)15(21)19-16(18)22/h2-9H,1H3,(H3,18,19,21,22)/b12-9-. The number of nitrogens with one attached hydrogen (secondary N) is 1. The van der Waals surface area contributed by atoms with Gasteiger partial charge in [0.2, 0.25) is 0 Å². The summed E-state index contributed by atoms with van der Waals surface area (Å²) in [5, 5.41) is 10.9. The Balaban J connectivity index is 2.40. The molecule has 3 amide bonds. The SMILES string of the molecule is Cc1cccc(-n2cccc2/C=C(/C#N)C(=O)NC(N)=O)c1. The maximum Gasteiger partial charge on any atom is 0.319 e. The van der Waals surface area contributed by atoms with Gasteiger partial charge in [-0.05, 0) is 42.8 Å². The highest BCUT2D eigenvalue weighted by Gasteiger charge is 2.12. The quantitative estimate of drug-likeness (QED) is 0.667. The zero-order valence-corrected chi connectivity index (χ0v) is 11.9. The highest BCUT2D eigenvalue weighted by atomic mass is 16.2. The summed E-state index contributed by atoms with van der Waals surface area (Å²) in [5.74, 6) is -0.827. The minimum atomic E-state index is -1.000. The molecule has 0 radical (unpaired) electrons. The third kappa shape index (κ3) is 3.41. The van der Waals surface area contributed by atoms with E-state index in [1.807, 2.05) is 47.3 Å². The highest BCUT2D eigenvalue weighted by molar-refractivity contribution is 6.08. The lowest BCUT2D eigenvalue weighted by atomic mass is 10.2. The molecule has 0 aliphatic carbocycles. The van der Waals surface area contributed by atoms with Crippen LogP contribution in [-0.2, 0) is 4.79 Å². The smallest absolute Gasteiger partial charge is 0.319 e. The lowest BCUT2D eigenvalue weighted by Crippen LogP contribution is -2.35. The lowest BCUT2D eigenvalue weighted by molar-refractivity contribution is -0.115. The number of carbonyl (C=O) groups is 2. The van der Waals surface area contributed by atoms with E-state index in [2.05, 4.69) is 0 Å². The van der Waals surface area contributed by atoms with Crippen LogP contribution in [0.15, 0.2) is 48.2 Å². The Hall–Kier alpha value is -3.33. The zero-order chi connectivity index (χ0) is 16.1. The van der Waals surface area contributed by atoms with Crippen LogP contribution in [0.5, 0.6) is 0 Å². The number of nitrogens with two attached hydrogens (primary N) is 1. The second-order valence-corrected chi connectivity index (χ2v) is 4.63. The molecule has 110 valence electrons. The van der Waals surface area contributed by atoms with E-state index in [1.165, 1.54) is 6.08 Å². The zero-order valence-electron chi connectivity index (χ0n) is 11.9. The molecule has 1 aromatic heterocycles. The van der Waals surface area contributed by atoms with Gasteiger partial charge in [-0.3, -0.25) is 10.1 Å². The fourth-order valence-corrected chi connectivity index (χ4v) is 2.00. The number of nitrogens with zero attached hydrogens (tertiary/aromatic N) is 2. The molecule has 0 atom stereocenters. The van der Waals surface area contributed by atoms with Gasteiger partial charge in [0.05, 0.1) is 0 Å². The van der Waals surface area contributed by atoms with Crippen LogP contribution in [0.25, 0.3) is 11.8 Å². The average molecular weight is 294 g/mol.